The van der Waals surface area contributed by atoms with Crippen molar-refractivity contribution >= 4 is 32.8 Å². The molecule has 0 bridgehead atoms. The average Bonchev–Trinajstić information content (AvgIpc) is 3.85. The molecule has 0 N–H and O–H groups in total. The van der Waals surface area contributed by atoms with Crippen LogP contribution in [0, 0.1) is 13.3 Å². The van der Waals surface area contributed by atoms with E-state index < -0.39 is 0 Å². The first kappa shape index (κ1) is 41.8. The van der Waals surface area contributed by atoms with Gasteiger partial charge >= 0.3 is 0 Å². The summed E-state index contributed by atoms with van der Waals surface area (Å²) < 4.78 is 13.5. The maximum atomic E-state index is 6.79. The van der Waals surface area contributed by atoms with Gasteiger partial charge in [0, 0.05) is 23.0 Å². The number of imidazole rings is 1. The summed E-state index contributed by atoms with van der Waals surface area (Å²) in [6.45, 7) is 20.5. The quantitative estimate of drug-likeness (QED) is 0.113. The molecule has 5 nitrogen and oxygen atoms in total. The molecule has 0 aliphatic carbocycles. The number of hydrogen-bond acceptors (Lipinski definition) is 2. The van der Waals surface area contributed by atoms with Crippen molar-refractivity contribution in [2.75, 3.05) is 0 Å². The summed E-state index contributed by atoms with van der Waals surface area (Å²) in [5.74, 6) is 2.77. The molecule has 10 aromatic rings. The van der Waals surface area contributed by atoms with Gasteiger partial charge in [-0.2, -0.15) is 0 Å². The lowest BCUT2D eigenvalue weighted by atomic mass is 9.78. The molecule has 0 saturated carbocycles. The van der Waals surface area contributed by atoms with Crippen LogP contribution in [0.3, 0.4) is 0 Å². The third kappa shape index (κ3) is 7.69. The fourth-order valence-electron chi connectivity index (χ4n) is 9.19. The molecule has 0 atom stereocenters. The van der Waals surface area contributed by atoms with E-state index in [1.165, 1.54) is 27.6 Å². The maximum absolute atomic E-state index is 6.79. The summed E-state index contributed by atoms with van der Waals surface area (Å²) in [4.78, 5) is 4.86. The lowest BCUT2D eigenvalue weighted by Gasteiger charge is -2.27. The van der Waals surface area contributed by atoms with Crippen LogP contribution in [0.1, 0.15) is 83.6 Å². The lowest BCUT2D eigenvalue weighted by Crippen LogP contribution is -2.32. The van der Waals surface area contributed by atoms with Crippen LogP contribution in [0.25, 0.3) is 72.3 Å². The van der Waals surface area contributed by atoms with E-state index in [1.807, 2.05) is 12.3 Å². The monoisotopic (exact) mass is 848 g/mol. The maximum Gasteiger partial charge on any atom is 0.269 e. The van der Waals surface area contributed by atoms with Crippen molar-refractivity contribution < 1.29 is 9.30 Å². The zero-order valence-electron chi connectivity index (χ0n) is 38.9. The highest BCUT2D eigenvalue weighted by atomic mass is 16.5. The first-order valence-electron chi connectivity index (χ1n) is 22.8. The van der Waals surface area contributed by atoms with E-state index in [0.717, 1.165) is 78.4 Å². The highest BCUT2D eigenvalue weighted by molar-refractivity contribution is 6.09. The second-order valence-corrected chi connectivity index (χ2v) is 19.8. The van der Waals surface area contributed by atoms with Crippen molar-refractivity contribution in [2.24, 2.45) is 0 Å². The van der Waals surface area contributed by atoms with Crippen molar-refractivity contribution in [3.8, 4) is 50.9 Å². The van der Waals surface area contributed by atoms with Crippen molar-refractivity contribution in [3.05, 3.63) is 199 Å². The molecule has 7 aromatic carbocycles. The van der Waals surface area contributed by atoms with Gasteiger partial charge in [-0.3, -0.25) is 13.7 Å². The van der Waals surface area contributed by atoms with Gasteiger partial charge in [0.2, 0.25) is 0 Å². The molecular weight excluding hydrogens is 793 g/mol. The predicted molar refractivity (Wildman–Crippen MR) is 269 cm³/mol. The van der Waals surface area contributed by atoms with Gasteiger partial charge in [0.15, 0.2) is 0 Å². The zero-order valence-corrected chi connectivity index (χ0v) is 38.9. The van der Waals surface area contributed by atoms with E-state index in [0.29, 0.717) is 5.92 Å². The number of hydrogen-bond donors (Lipinski definition) is 0. The van der Waals surface area contributed by atoms with E-state index in [4.69, 9.17) is 9.72 Å². The summed E-state index contributed by atoms with van der Waals surface area (Å²) in [6.07, 6.45) is 5.82. The van der Waals surface area contributed by atoms with Gasteiger partial charge in [0.05, 0.1) is 33.4 Å². The van der Waals surface area contributed by atoms with Gasteiger partial charge in [-0.1, -0.05) is 165 Å². The topological polar surface area (TPSA) is 35.9 Å². The van der Waals surface area contributed by atoms with Crippen LogP contribution in [0.4, 0.5) is 0 Å². The number of ether oxygens (including phenoxy) is 1. The number of aryl methyl sites for hydroxylation is 1. The molecule has 3 aromatic heterocycles. The Morgan fingerprint density at radius 2 is 1.22 bits per heavy atom. The summed E-state index contributed by atoms with van der Waals surface area (Å²) in [5.41, 5.74) is 16.0. The van der Waals surface area contributed by atoms with Crippen molar-refractivity contribution in [3.63, 3.8) is 0 Å². The van der Waals surface area contributed by atoms with E-state index >= 15 is 0 Å². The number of pyridine rings is 1. The van der Waals surface area contributed by atoms with Crippen molar-refractivity contribution in [1.82, 2.24) is 14.1 Å². The molecule has 3 heterocycles. The fourth-order valence-corrected chi connectivity index (χ4v) is 9.19. The molecule has 0 spiro atoms. The van der Waals surface area contributed by atoms with E-state index in [1.54, 1.807) is 0 Å². The Balaban J connectivity index is 1.13. The highest BCUT2D eigenvalue weighted by Crippen LogP contribution is 2.40. The van der Waals surface area contributed by atoms with Crippen LogP contribution in [-0.2, 0) is 10.8 Å². The molecule has 0 fully saturated rings. The lowest BCUT2D eigenvalue weighted by molar-refractivity contribution is -0.571. The van der Waals surface area contributed by atoms with E-state index in [-0.39, 0.29) is 10.8 Å². The van der Waals surface area contributed by atoms with Gasteiger partial charge in [-0.15, -0.1) is 0 Å². The smallest absolute Gasteiger partial charge is 0.269 e. The second kappa shape index (κ2) is 16.1. The summed E-state index contributed by atoms with van der Waals surface area (Å²) in [7, 11) is 0. The molecule has 322 valence electrons. The van der Waals surface area contributed by atoms with Gasteiger partial charge < -0.3 is 4.74 Å². The molecule has 5 heteroatoms. The minimum Gasteiger partial charge on any atom is -0.458 e. The van der Waals surface area contributed by atoms with Crippen LogP contribution < -0.4 is 9.30 Å². The van der Waals surface area contributed by atoms with Gasteiger partial charge in [-0.05, 0) is 117 Å². The molecule has 0 unspecified atom stereocenters. The van der Waals surface area contributed by atoms with Gasteiger partial charge in [-0.25, -0.2) is 4.98 Å². The van der Waals surface area contributed by atoms with Gasteiger partial charge in [0.25, 0.3) is 6.33 Å². The van der Waals surface area contributed by atoms with Crippen LogP contribution >= 0.6 is 0 Å². The first-order valence-corrected chi connectivity index (χ1v) is 22.8. The Kier molecular flexibility index (Phi) is 10.3. The molecule has 0 aliphatic rings. The number of benzene rings is 7. The van der Waals surface area contributed by atoms with Crippen LogP contribution in [0.5, 0.6) is 11.5 Å². The van der Waals surface area contributed by atoms with E-state index in [9.17, 15) is 0 Å². The minimum absolute atomic E-state index is 0.0347. The van der Waals surface area contributed by atoms with E-state index in [2.05, 4.69) is 240 Å². The summed E-state index contributed by atoms with van der Waals surface area (Å²) in [6, 6.07) is 58.8. The first-order chi connectivity index (χ1) is 31.2. The number of para-hydroxylation sites is 3. The molecule has 0 radical (unpaired) electrons. The molecule has 65 heavy (non-hydrogen) atoms. The fraction of sp³-hybridized carbons (Fsp3) is 0.200. The van der Waals surface area contributed by atoms with Gasteiger partial charge in [0.1, 0.15) is 17.3 Å². The predicted octanol–water partition coefficient (Wildman–Crippen LogP) is 15.4. The standard InChI is InChI=1S/C60H56N4O/c1-39(2)42-30-31-61-56(34-42)64-53-26-14-13-23-51(53)52-29-28-48(37-55(52)64)65-47-22-16-21-46(36-47)62-38-63(57-40(3)18-15-27-54(57)62)58-49(41-19-11-10-12-20-41)24-17-25-50(58)43-32-44(59(4,5)6)35-45(33-43)60(7,8)9/h10-37,39H,1-9H3. The third-order valence-corrected chi connectivity index (χ3v) is 12.8. The normalized spacial score (nSPS) is 12.2. The molecule has 0 saturated heterocycles. The molecule has 0 amide bonds. The minimum atomic E-state index is -0.0347. The molecule has 10 rings (SSSR count). The number of rotatable bonds is 8. The Bertz CT molecular complexity index is 3380. The SMILES string of the molecule is Cc1cccc2c1[n+](-c1c(-c3ccccc3)cccc1-c1cc(C(C)(C)C)cc(C(C)(C)C)c1)[c-]n2-c1cccc(Oc2ccc3c4ccccc4n(-c4cc(C(C)C)ccn4)c3c2)c1. The van der Waals surface area contributed by atoms with Crippen molar-refractivity contribution in [2.45, 2.75) is 79.1 Å². The number of fused-ring (bicyclic) bond motifs is 4. The van der Waals surface area contributed by atoms with Crippen LogP contribution in [-0.4, -0.2) is 14.1 Å². The highest BCUT2D eigenvalue weighted by Gasteiger charge is 2.25. The average molecular weight is 849 g/mol. The zero-order chi connectivity index (χ0) is 45.2. The largest absolute Gasteiger partial charge is 0.458 e. The Morgan fingerprint density at radius 3 is 1.95 bits per heavy atom. The van der Waals surface area contributed by atoms with Crippen molar-refractivity contribution in [1.29, 1.82) is 0 Å². The Hall–Kier alpha value is -7.24. The third-order valence-electron chi connectivity index (χ3n) is 12.8. The number of aromatic nitrogens is 4. The Labute approximate surface area is 383 Å². The number of nitrogens with zero attached hydrogens (tertiary/aromatic N) is 4. The van der Waals surface area contributed by atoms with Crippen LogP contribution in [0.15, 0.2) is 170 Å². The second-order valence-electron chi connectivity index (χ2n) is 19.8. The summed E-state index contributed by atoms with van der Waals surface area (Å²) in [5, 5.41) is 2.33. The summed E-state index contributed by atoms with van der Waals surface area (Å²) >= 11 is 0. The Morgan fingerprint density at radius 1 is 0.569 bits per heavy atom. The van der Waals surface area contributed by atoms with Crippen LogP contribution in [0.2, 0.25) is 0 Å². The molecular formula is C60H56N4O. The molecule has 0 aliphatic heterocycles.